The Hall–Kier alpha value is -1.35. The van der Waals surface area contributed by atoms with E-state index < -0.39 is 0 Å². The Balaban J connectivity index is 1.88. The first-order valence-corrected chi connectivity index (χ1v) is 7.88. The quantitative estimate of drug-likeness (QED) is 0.743. The first-order valence-electron chi connectivity index (χ1n) is 7.88. The Morgan fingerprint density at radius 1 is 1.15 bits per heavy atom. The van der Waals surface area contributed by atoms with Gasteiger partial charge < -0.3 is 5.73 Å². The van der Waals surface area contributed by atoms with Crippen molar-refractivity contribution in [1.82, 2.24) is 9.78 Å². The summed E-state index contributed by atoms with van der Waals surface area (Å²) in [6, 6.07) is 8.62. The minimum atomic E-state index is 0.231. The number of para-hydroxylation sites is 1. The van der Waals surface area contributed by atoms with Crippen LogP contribution in [-0.2, 0) is 13.5 Å². The highest BCUT2D eigenvalue weighted by Crippen LogP contribution is 2.19. The van der Waals surface area contributed by atoms with Crippen LogP contribution in [0.3, 0.4) is 0 Å². The second kappa shape index (κ2) is 7.44. The van der Waals surface area contributed by atoms with Gasteiger partial charge in [-0.1, -0.05) is 57.2 Å². The minimum Gasteiger partial charge on any atom is -0.327 e. The van der Waals surface area contributed by atoms with E-state index in [2.05, 4.69) is 36.3 Å². The molecule has 0 bridgehead atoms. The molecule has 20 heavy (non-hydrogen) atoms. The van der Waals surface area contributed by atoms with E-state index in [1.54, 1.807) is 0 Å². The van der Waals surface area contributed by atoms with Crippen LogP contribution in [0.5, 0.6) is 0 Å². The summed E-state index contributed by atoms with van der Waals surface area (Å²) in [5.74, 6) is 0. The van der Waals surface area contributed by atoms with Gasteiger partial charge in [-0.15, -0.1) is 0 Å². The lowest BCUT2D eigenvalue weighted by Crippen LogP contribution is -2.23. The van der Waals surface area contributed by atoms with Crippen molar-refractivity contribution in [2.45, 2.75) is 57.9 Å². The molecule has 2 N–H and O–H groups in total. The summed E-state index contributed by atoms with van der Waals surface area (Å²) in [5.41, 5.74) is 8.61. The fraction of sp³-hybridized carbons (Fsp3) is 0.588. The predicted octanol–water partition coefficient (Wildman–Crippen LogP) is 3.80. The third-order valence-electron chi connectivity index (χ3n) is 3.97. The number of benzene rings is 1. The summed E-state index contributed by atoms with van der Waals surface area (Å²) in [7, 11) is 2.00. The molecule has 0 aliphatic carbocycles. The highest BCUT2D eigenvalue weighted by atomic mass is 15.3. The standard InChI is InChI=1S/C17H27N3/c1-3-4-5-6-7-10-14(18)13-16-15-11-8-9-12-17(15)20(2)19-16/h8-9,11-12,14H,3-7,10,13,18H2,1-2H3. The highest BCUT2D eigenvalue weighted by molar-refractivity contribution is 5.81. The van der Waals surface area contributed by atoms with Crippen molar-refractivity contribution >= 4 is 10.9 Å². The van der Waals surface area contributed by atoms with Crippen LogP contribution in [0, 0.1) is 0 Å². The Kier molecular flexibility index (Phi) is 5.60. The molecule has 1 heterocycles. The van der Waals surface area contributed by atoms with E-state index in [9.17, 15) is 0 Å². The number of nitrogens with two attached hydrogens (primary N) is 1. The third-order valence-corrected chi connectivity index (χ3v) is 3.97. The molecule has 0 aliphatic heterocycles. The molecule has 0 aliphatic rings. The van der Waals surface area contributed by atoms with Gasteiger partial charge in [0.2, 0.25) is 0 Å². The van der Waals surface area contributed by atoms with Crippen LogP contribution in [0.15, 0.2) is 24.3 Å². The van der Waals surface area contributed by atoms with E-state index in [4.69, 9.17) is 5.73 Å². The second-order valence-electron chi connectivity index (χ2n) is 5.75. The van der Waals surface area contributed by atoms with Crippen LogP contribution in [0.2, 0.25) is 0 Å². The van der Waals surface area contributed by atoms with Crippen molar-refractivity contribution in [3.05, 3.63) is 30.0 Å². The van der Waals surface area contributed by atoms with Gasteiger partial charge in [0.25, 0.3) is 0 Å². The topological polar surface area (TPSA) is 43.8 Å². The maximum atomic E-state index is 6.27. The van der Waals surface area contributed by atoms with Crippen molar-refractivity contribution in [3.8, 4) is 0 Å². The summed E-state index contributed by atoms with van der Waals surface area (Å²) in [4.78, 5) is 0. The Bertz CT molecular complexity index is 530. The molecule has 1 aromatic carbocycles. The Labute approximate surface area is 122 Å². The molecule has 1 aromatic heterocycles. The monoisotopic (exact) mass is 273 g/mol. The maximum Gasteiger partial charge on any atom is 0.0718 e. The van der Waals surface area contributed by atoms with Gasteiger partial charge in [0, 0.05) is 24.9 Å². The molecule has 0 radical (unpaired) electrons. The van der Waals surface area contributed by atoms with Gasteiger partial charge in [0.15, 0.2) is 0 Å². The summed E-state index contributed by atoms with van der Waals surface area (Å²) >= 11 is 0. The number of fused-ring (bicyclic) bond motifs is 1. The molecule has 0 amide bonds. The molecule has 2 aromatic rings. The maximum absolute atomic E-state index is 6.27. The molecule has 0 fully saturated rings. The lowest BCUT2D eigenvalue weighted by atomic mass is 10.0. The van der Waals surface area contributed by atoms with Crippen LogP contribution < -0.4 is 5.73 Å². The average Bonchev–Trinajstić information content (AvgIpc) is 2.76. The molecule has 1 atom stereocenters. The minimum absolute atomic E-state index is 0.231. The number of hydrogen-bond acceptors (Lipinski definition) is 2. The molecule has 110 valence electrons. The number of hydrogen-bond donors (Lipinski definition) is 1. The zero-order chi connectivity index (χ0) is 14.4. The summed E-state index contributed by atoms with van der Waals surface area (Å²) in [5, 5.41) is 5.87. The highest BCUT2D eigenvalue weighted by Gasteiger charge is 2.11. The first-order chi connectivity index (χ1) is 9.72. The first kappa shape index (κ1) is 15.0. The van der Waals surface area contributed by atoms with Gasteiger partial charge >= 0.3 is 0 Å². The van der Waals surface area contributed by atoms with Crippen LogP contribution in [-0.4, -0.2) is 15.8 Å². The SMILES string of the molecule is CCCCCCCC(N)Cc1nn(C)c2ccccc12. The van der Waals surface area contributed by atoms with Gasteiger partial charge in [0.1, 0.15) is 0 Å². The van der Waals surface area contributed by atoms with Crippen molar-refractivity contribution in [2.24, 2.45) is 12.8 Å². The van der Waals surface area contributed by atoms with Crippen LogP contribution in [0.25, 0.3) is 10.9 Å². The molecule has 1 unspecified atom stereocenters. The second-order valence-corrected chi connectivity index (χ2v) is 5.75. The Morgan fingerprint density at radius 2 is 1.90 bits per heavy atom. The summed E-state index contributed by atoms with van der Waals surface area (Å²) in [6.07, 6.45) is 8.53. The van der Waals surface area contributed by atoms with Gasteiger partial charge in [-0.3, -0.25) is 4.68 Å². The van der Waals surface area contributed by atoms with Crippen LogP contribution in [0.4, 0.5) is 0 Å². The van der Waals surface area contributed by atoms with E-state index in [0.717, 1.165) is 18.5 Å². The molecular weight excluding hydrogens is 246 g/mol. The van der Waals surface area contributed by atoms with Crippen LogP contribution >= 0.6 is 0 Å². The molecule has 2 rings (SSSR count). The van der Waals surface area contributed by atoms with Crippen molar-refractivity contribution in [2.75, 3.05) is 0 Å². The van der Waals surface area contributed by atoms with E-state index in [-0.39, 0.29) is 6.04 Å². The zero-order valence-corrected chi connectivity index (χ0v) is 12.8. The van der Waals surface area contributed by atoms with E-state index >= 15 is 0 Å². The number of aryl methyl sites for hydroxylation is 1. The van der Waals surface area contributed by atoms with Crippen LogP contribution in [0.1, 0.15) is 51.1 Å². The molecule has 3 nitrogen and oxygen atoms in total. The van der Waals surface area contributed by atoms with Crippen molar-refractivity contribution in [1.29, 1.82) is 0 Å². The molecule has 0 saturated carbocycles. The fourth-order valence-electron chi connectivity index (χ4n) is 2.80. The average molecular weight is 273 g/mol. The van der Waals surface area contributed by atoms with Gasteiger partial charge in [-0.2, -0.15) is 5.10 Å². The van der Waals surface area contributed by atoms with Crippen molar-refractivity contribution < 1.29 is 0 Å². The normalized spacial score (nSPS) is 12.9. The summed E-state index contributed by atoms with van der Waals surface area (Å²) in [6.45, 7) is 2.25. The largest absolute Gasteiger partial charge is 0.327 e. The number of unbranched alkanes of at least 4 members (excludes halogenated alkanes) is 4. The Morgan fingerprint density at radius 3 is 2.70 bits per heavy atom. The zero-order valence-electron chi connectivity index (χ0n) is 12.8. The van der Waals surface area contributed by atoms with Gasteiger partial charge in [0.05, 0.1) is 11.2 Å². The molecule has 0 saturated heterocycles. The number of aromatic nitrogens is 2. The summed E-state index contributed by atoms with van der Waals surface area (Å²) < 4.78 is 1.96. The van der Waals surface area contributed by atoms with E-state index in [1.807, 2.05) is 11.7 Å². The lowest BCUT2D eigenvalue weighted by molar-refractivity contribution is 0.533. The predicted molar refractivity (Wildman–Crippen MR) is 85.8 cm³/mol. The molecular formula is C17H27N3. The number of nitrogens with zero attached hydrogens (tertiary/aromatic N) is 2. The third kappa shape index (κ3) is 3.83. The van der Waals surface area contributed by atoms with Gasteiger partial charge in [-0.05, 0) is 12.5 Å². The van der Waals surface area contributed by atoms with Gasteiger partial charge in [-0.25, -0.2) is 0 Å². The molecule has 0 spiro atoms. The number of rotatable bonds is 8. The van der Waals surface area contributed by atoms with E-state index in [0.29, 0.717) is 0 Å². The molecule has 3 heteroatoms. The van der Waals surface area contributed by atoms with E-state index in [1.165, 1.54) is 43.0 Å². The lowest BCUT2D eigenvalue weighted by Gasteiger charge is -2.10. The smallest absolute Gasteiger partial charge is 0.0718 e. The fourth-order valence-corrected chi connectivity index (χ4v) is 2.80. The van der Waals surface area contributed by atoms with Crippen molar-refractivity contribution in [3.63, 3.8) is 0 Å².